The smallest absolute Gasteiger partial charge is 0.333 e. The van der Waals surface area contributed by atoms with E-state index in [0.717, 1.165) is 16.9 Å². The normalized spacial score (nSPS) is 12.6. The Bertz CT molecular complexity index is 692. The van der Waals surface area contributed by atoms with Gasteiger partial charge >= 0.3 is 5.97 Å². The van der Waals surface area contributed by atoms with E-state index in [2.05, 4.69) is 39.0 Å². The van der Waals surface area contributed by atoms with Crippen LogP contribution in [0.3, 0.4) is 0 Å². The van der Waals surface area contributed by atoms with Crippen LogP contribution >= 0.6 is 0 Å². The average Bonchev–Trinajstić information content (AvgIpc) is 2.55. The van der Waals surface area contributed by atoms with Gasteiger partial charge in [-0.3, -0.25) is 0 Å². The Morgan fingerprint density at radius 3 is 2.38 bits per heavy atom. The average molecular weight is 328 g/mol. The Labute approximate surface area is 145 Å². The quantitative estimate of drug-likeness (QED) is 0.414. The van der Waals surface area contributed by atoms with E-state index in [9.17, 15) is 4.79 Å². The van der Waals surface area contributed by atoms with Crippen LogP contribution in [0.1, 0.15) is 43.0 Å². The van der Waals surface area contributed by atoms with Crippen molar-refractivity contribution < 1.29 is 14.3 Å². The molecule has 24 heavy (non-hydrogen) atoms. The number of carbonyl (C=O) groups excluding carboxylic acids is 1. The molecule has 0 aliphatic rings. The third-order valence-electron chi connectivity index (χ3n) is 4.03. The summed E-state index contributed by atoms with van der Waals surface area (Å²) in [6.07, 6.45) is 7.87. The molecule has 0 unspecified atom stereocenters. The molecule has 0 saturated carbocycles. The maximum absolute atomic E-state index is 11.6. The summed E-state index contributed by atoms with van der Waals surface area (Å²) in [6, 6.07) is 2.06. The van der Waals surface area contributed by atoms with E-state index < -0.39 is 0 Å². The first-order valence-corrected chi connectivity index (χ1v) is 8.17. The number of ether oxygens (including phenoxy) is 2. The monoisotopic (exact) mass is 328 g/mol. The molecule has 0 fully saturated rings. The summed E-state index contributed by atoms with van der Waals surface area (Å²) in [6.45, 7) is 12.2. The van der Waals surface area contributed by atoms with E-state index in [4.69, 9.17) is 9.47 Å². The number of hydrogen-bond acceptors (Lipinski definition) is 3. The summed E-state index contributed by atoms with van der Waals surface area (Å²) in [7, 11) is 1.70. The first kappa shape index (κ1) is 19.8. The molecule has 0 amide bonds. The zero-order chi connectivity index (χ0) is 18.3. The van der Waals surface area contributed by atoms with Crippen LogP contribution in [0.5, 0.6) is 5.75 Å². The van der Waals surface area contributed by atoms with Gasteiger partial charge in [-0.25, -0.2) is 4.79 Å². The van der Waals surface area contributed by atoms with Crippen LogP contribution in [0, 0.1) is 20.8 Å². The van der Waals surface area contributed by atoms with Crippen LogP contribution < -0.4 is 4.74 Å². The van der Waals surface area contributed by atoms with Gasteiger partial charge in [-0.15, -0.1) is 0 Å². The third kappa shape index (κ3) is 5.12. The van der Waals surface area contributed by atoms with Crippen molar-refractivity contribution in [2.75, 3.05) is 13.7 Å². The minimum atomic E-state index is -0.275. The highest BCUT2D eigenvalue weighted by Crippen LogP contribution is 2.28. The molecule has 1 aromatic carbocycles. The van der Waals surface area contributed by atoms with Gasteiger partial charge in [0.25, 0.3) is 0 Å². The molecular formula is C21H28O3. The molecule has 0 radical (unpaired) electrons. The van der Waals surface area contributed by atoms with Crippen molar-refractivity contribution in [2.45, 2.75) is 41.5 Å². The lowest BCUT2D eigenvalue weighted by Crippen LogP contribution is -2.04. The molecule has 3 nitrogen and oxygen atoms in total. The van der Waals surface area contributed by atoms with Gasteiger partial charge in [0.05, 0.1) is 13.7 Å². The van der Waals surface area contributed by atoms with Crippen molar-refractivity contribution in [3.63, 3.8) is 0 Å². The fourth-order valence-corrected chi connectivity index (χ4v) is 2.37. The number of hydrogen-bond donors (Lipinski definition) is 0. The molecule has 3 heteroatoms. The lowest BCUT2D eigenvalue weighted by Gasteiger charge is -2.13. The number of allylic oxidation sites excluding steroid dienone is 4. The van der Waals surface area contributed by atoms with Crippen molar-refractivity contribution in [1.29, 1.82) is 0 Å². The SMILES string of the molecule is CCOC(=O)/C(C)=C/C=C(C)/C=C/c1c(C)cc(OC)c(C)c1C. The largest absolute Gasteiger partial charge is 0.496 e. The summed E-state index contributed by atoms with van der Waals surface area (Å²) in [5.74, 6) is 0.644. The Kier molecular flexibility index (Phi) is 7.50. The number of esters is 1. The highest BCUT2D eigenvalue weighted by molar-refractivity contribution is 5.88. The standard InChI is InChI=1S/C21H28O3/c1-8-24-21(22)15(3)11-9-14(2)10-12-19-16(4)13-20(23-7)18(6)17(19)5/h9-13H,8H2,1-7H3/b12-10+,14-9+,15-11+. The van der Waals surface area contributed by atoms with Crippen molar-refractivity contribution in [1.82, 2.24) is 0 Å². The summed E-state index contributed by atoms with van der Waals surface area (Å²) in [5.41, 5.74) is 6.41. The highest BCUT2D eigenvalue weighted by Gasteiger charge is 2.08. The lowest BCUT2D eigenvalue weighted by atomic mass is 9.96. The van der Waals surface area contributed by atoms with Gasteiger partial charge in [0.2, 0.25) is 0 Å². The predicted octanol–water partition coefficient (Wildman–Crippen LogP) is 5.09. The topological polar surface area (TPSA) is 35.5 Å². The number of rotatable bonds is 6. The van der Waals surface area contributed by atoms with Crippen LogP contribution in [0.25, 0.3) is 6.08 Å². The molecular weight excluding hydrogens is 300 g/mol. The van der Waals surface area contributed by atoms with Crippen molar-refractivity contribution in [3.05, 3.63) is 57.7 Å². The van der Waals surface area contributed by atoms with Gasteiger partial charge < -0.3 is 9.47 Å². The molecule has 1 rings (SSSR count). The van der Waals surface area contributed by atoms with Crippen LogP contribution in [-0.4, -0.2) is 19.7 Å². The molecule has 130 valence electrons. The third-order valence-corrected chi connectivity index (χ3v) is 4.03. The summed E-state index contributed by atoms with van der Waals surface area (Å²) >= 11 is 0. The van der Waals surface area contributed by atoms with Crippen molar-refractivity contribution >= 4 is 12.0 Å². The number of aryl methyl sites for hydroxylation is 1. The fraction of sp³-hybridized carbons (Fsp3) is 0.381. The number of carbonyl (C=O) groups is 1. The molecule has 0 aliphatic carbocycles. The minimum Gasteiger partial charge on any atom is -0.496 e. The van der Waals surface area contributed by atoms with Crippen LogP contribution in [-0.2, 0) is 9.53 Å². The van der Waals surface area contributed by atoms with E-state index in [-0.39, 0.29) is 5.97 Å². The van der Waals surface area contributed by atoms with E-state index >= 15 is 0 Å². The first-order chi connectivity index (χ1) is 11.3. The van der Waals surface area contributed by atoms with Crippen molar-refractivity contribution in [2.24, 2.45) is 0 Å². The fourth-order valence-electron chi connectivity index (χ4n) is 2.37. The summed E-state index contributed by atoms with van der Waals surface area (Å²) in [4.78, 5) is 11.6. The second-order valence-electron chi connectivity index (χ2n) is 5.87. The van der Waals surface area contributed by atoms with Gasteiger partial charge in [-0.05, 0) is 69.9 Å². The summed E-state index contributed by atoms with van der Waals surface area (Å²) in [5, 5.41) is 0. The number of benzene rings is 1. The highest BCUT2D eigenvalue weighted by atomic mass is 16.5. The lowest BCUT2D eigenvalue weighted by molar-refractivity contribution is -0.138. The molecule has 0 N–H and O–H groups in total. The van der Waals surface area contributed by atoms with Gasteiger partial charge in [0.15, 0.2) is 0 Å². The van der Waals surface area contributed by atoms with E-state index in [0.29, 0.717) is 12.2 Å². The molecule has 1 aromatic rings. The second-order valence-corrected chi connectivity index (χ2v) is 5.87. The molecule has 0 spiro atoms. The molecule has 0 bridgehead atoms. The molecule has 0 aromatic heterocycles. The van der Waals surface area contributed by atoms with Crippen LogP contribution in [0.2, 0.25) is 0 Å². The van der Waals surface area contributed by atoms with Crippen LogP contribution in [0.4, 0.5) is 0 Å². The van der Waals surface area contributed by atoms with Gasteiger partial charge in [0, 0.05) is 5.57 Å². The Morgan fingerprint density at radius 2 is 1.79 bits per heavy atom. The molecule has 0 aliphatic heterocycles. The first-order valence-electron chi connectivity index (χ1n) is 8.17. The number of methoxy groups -OCH3 is 1. The zero-order valence-corrected chi connectivity index (χ0v) is 15.8. The predicted molar refractivity (Wildman–Crippen MR) is 100 cm³/mol. The second kappa shape index (κ2) is 9.11. The van der Waals surface area contributed by atoms with Gasteiger partial charge in [-0.1, -0.05) is 29.9 Å². The zero-order valence-electron chi connectivity index (χ0n) is 15.8. The van der Waals surface area contributed by atoms with E-state index in [1.54, 1.807) is 27.0 Å². The van der Waals surface area contributed by atoms with Crippen molar-refractivity contribution in [3.8, 4) is 5.75 Å². The van der Waals surface area contributed by atoms with E-state index in [1.807, 2.05) is 13.0 Å². The summed E-state index contributed by atoms with van der Waals surface area (Å²) < 4.78 is 10.4. The van der Waals surface area contributed by atoms with E-state index in [1.165, 1.54) is 16.7 Å². The minimum absolute atomic E-state index is 0.275. The molecule has 0 heterocycles. The van der Waals surface area contributed by atoms with Gasteiger partial charge in [-0.2, -0.15) is 0 Å². The van der Waals surface area contributed by atoms with Crippen LogP contribution in [0.15, 0.2) is 35.4 Å². The maximum atomic E-state index is 11.6. The molecule has 0 atom stereocenters. The maximum Gasteiger partial charge on any atom is 0.333 e. The Morgan fingerprint density at radius 1 is 1.12 bits per heavy atom. The Balaban J connectivity index is 3.01. The Hall–Kier alpha value is -2.29. The van der Waals surface area contributed by atoms with Gasteiger partial charge in [0.1, 0.15) is 5.75 Å². The molecule has 0 saturated heterocycles.